The molecule has 0 spiro atoms. The van der Waals surface area contributed by atoms with Crippen LogP contribution in [0.3, 0.4) is 0 Å². The maximum atomic E-state index is 13.7. The highest BCUT2D eigenvalue weighted by Gasteiger charge is 2.32. The Balaban J connectivity index is 1.57. The second-order valence-electron chi connectivity index (χ2n) is 10.3. The van der Waals surface area contributed by atoms with Crippen molar-refractivity contribution in [2.45, 2.75) is 43.5 Å². The number of nitrogens with one attached hydrogen (secondary N) is 2. The third-order valence-corrected chi connectivity index (χ3v) is 8.91. The summed E-state index contributed by atoms with van der Waals surface area (Å²) in [5, 5.41) is 7.63. The van der Waals surface area contributed by atoms with Gasteiger partial charge >= 0.3 is 0 Å². The van der Waals surface area contributed by atoms with Gasteiger partial charge < -0.3 is 21.1 Å². The predicted molar refractivity (Wildman–Crippen MR) is 161 cm³/mol. The molecule has 1 amide bonds. The van der Waals surface area contributed by atoms with Crippen LogP contribution in [-0.2, 0) is 21.2 Å². The molecular formula is C31H39N5O4S. The fourth-order valence-corrected chi connectivity index (χ4v) is 6.38. The fraction of sp³-hybridized carbons (Fsp3) is 0.355. The van der Waals surface area contributed by atoms with E-state index >= 15 is 0 Å². The van der Waals surface area contributed by atoms with Gasteiger partial charge in [0.1, 0.15) is 17.6 Å². The summed E-state index contributed by atoms with van der Waals surface area (Å²) in [6.07, 6.45) is 2.78. The highest BCUT2D eigenvalue weighted by molar-refractivity contribution is 7.89. The standard InChI is InChI=1S/C31H39N5O4S/c1-2-40-27-12-10-24(11-13-27)26-4-3-5-28(21-26)41(38,39)35-29(20-23-6-8-25(9-7-23)30(33)34)31(37)36-18-15-22(14-17-32)16-19-36/h3-13,21-22,29,35H,2,14-20,32H2,1H3,(H3,33,34). The molecule has 10 heteroatoms. The number of nitrogens with zero attached hydrogens (tertiary/aromatic N) is 1. The van der Waals surface area contributed by atoms with Crippen molar-refractivity contribution in [3.8, 4) is 16.9 Å². The maximum absolute atomic E-state index is 13.7. The highest BCUT2D eigenvalue weighted by Crippen LogP contribution is 2.26. The lowest BCUT2D eigenvalue weighted by Crippen LogP contribution is -2.51. The van der Waals surface area contributed by atoms with Crippen molar-refractivity contribution < 1.29 is 17.9 Å². The first kappa shape index (κ1) is 30.2. The van der Waals surface area contributed by atoms with Crippen LogP contribution in [0.25, 0.3) is 11.1 Å². The van der Waals surface area contributed by atoms with E-state index in [1.54, 1.807) is 41.3 Å². The van der Waals surface area contributed by atoms with Crippen molar-refractivity contribution in [3.63, 3.8) is 0 Å². The number of carbonyl (C=O) groups excluding carboxylic acids is 1. The minimum atomic E-state index is -4.04. The van der Waals surface area contributed by atoms with E-state index in [0.29, 0.717) is 37.7 Å². The van der Waals surface area contributed by atoms with E-state index in [1.807, 2.05) is 37.3 Å². The summed E-state index contributed by atoms with van der Waals surface area (Å²) in [5.74, 6) is 0.908. The number of hydrogen-bond donors (Lipinski definition) is 4. The average molecular weight is 578 g/mol. The summed E-state index contributed by atoms with van der Waals surface area (Å²) in [7, 11) is -4.04. The first-order chi connectivity index (χ1) is 19.7. The molecule has 0 bridgehead atoms. The van der Waals surface area contributed by atoms with Crippen LogP contribution in [-0.4, -0.2) is 57.3 Å². The molecule has 0 radical (unpaired) electrons. The Morgan fingerprint density at radius 1 is 1.05 bits per heavy atom. The van der Waals surface area contributed by atoms with Gasteiger partial charge in [0.25, 0.3) is 0 Å². The third-order valence-electron chi connectivity index (χ3n) is 7.44. The second kappa shape index (κ2) is 13.8. The van der Waals surface area contributed by atoms with Crippen LogP contribution < -0.4 is 20.9 Å². The summed E-state index contributed by atoms with van der Waals surface area (Å²) in [5.41, 5.74) is 14.2. The normalized spacial score (nSPS) is 14.9. The van der Waals surface area contributed by atoms with E-state index in [-0.39, 0.29) is 23.1 Å². The molecule has 0 aromatic heterocycles. The van der Waals surface area contributed by atoms with Crippen LogP contribution in [0.1, 0.15) is 37.3 Å². The molecule has 4 rings (SSSR count). The van der Waals surface area contributed by atoms with E-state index in [4.69, 9.17) is 21.6 Å². The second-order valence-corrected chi connectivity index (χ2v) is 12.0. The number of ether oxygens (including phenoxy) is 1. The number of rotatable bonds is 12. The highest BCUT2D eigenvalue weighted by atomic mass is 32.2. The number of carbonyl (C=O) groups is 1. The Morgan fingerprint density at radius 3 is 2.34 bits per heavy atom. The Morgan fingerprint density at radius 2 is 1.73 bits per heavy atom. The number of nitrogens with two attached hydrogens (primary N) is 2. The van der Waals surface area contributed by atoms with E-state index in [1.165, 1.54) is 6.07 Å². The van der Waals surface area contributed by atoms with Crippen molar-refractivity contribution in [3.05, 3.63) is 83.9 Å². The number of amides is 1. The Hall–Kier alpha value is -3.73. The molecule has 41 heavy (non-hydrogen) atoms. The van der Waals surface area contributed by atoms with E-state index < -0.39 is 16.1 Å². The minimum absolute atomic E-state index is 0.0577. The van der Waals surface area contributed by atoms with Gasteiger partial charge in [-0.1, -0.05) is 48.5 Å². The minimum Gasteiger partial charge on any atom is -0.494 e. The molecule has 9 nitrogen and oxygen atoms in total. The molecule has 3 aromatic rings. The number of piperidine rings is 1. The van der Waals surface area contributed by atoms with Gasteiger partial charge in [-0.2, -0.15) is 4.72 Å². The summed E-state index contributed by atoms with van der Waals surface area (Å²) >= 11 is 0. The lowest BCUT2D eigenvalue weighted by molar-refractivity contribution is -0.134. The number of benzene rings is 3. The average Bonchev–Trinajstić information content (AvgIpc) is 2.98. The fourth-order valence-electron chi connectivity index (χ4n) is 5.14. The van der Waals surface area contributed by atoms with Gasteiger partial charge in [-0.05, 0) is 86.0 Å². The largest absolute Gasteiger partial charge is 0.494 e. The molecule has 1 unspecified atom stereocenters. The van der Waals surface area contributed by atoms with Crippen LogP contribution in [0.2, 0.25) is 0 Å². The molecular weight excluding hydrogens is 538 g/mol. The Kier molecular flexibility index (Phi) is 10.1. The zero-order chi connectivity index (χ0) is 29.4. The third kappa shape index (κ3) is 7.93. The Labute approximate surface area is 242 Å². The summed E-state index contributed by atoms with van der Waals surface area (Å²) in [6, 6.07) is 20.1. The molecule has 1 fully saturated rings. The molecule has 1 aliphatic heterocycles. The quantitative estimate of drug-likeness (QED) is 0.191. The van der Waals surface area contributed by atoms with E-state index in [9.17, 15) is 13.2 Å². The summed E-state index contributed by atoms with van der Waals surface area (Å²) in [4.78, 5) is 15.6. The number of likely N-dealkylation sites (tertiary alicyclic amines) is 1. The van der Waals surface area contributed by atoms with Gasteiger partial charge in [0, 0.05) is 18.7 Å². The van der Waals surface area contributed by atoms with E-state index in [2.05, 4.69) is 4.72 Å². The van der Waals surface area contributed by atoms with Gasteiger partial charge in [0.15, 0.2) is 0 Å². The zero-order valence-corrected chi connectivity index (χ0v) is 24.2. The first-order valence-corrected chi connectivity index (χ1v) is 15.5. The van der Waals surface area contributed by atoms with Crippen molar-refractivity contribution >= 4 is 21.8 Å². The number of nitrogen functional groups attached to an aromatic ring is 1. The van der Waals surface area contributed by atoms with Crippen molar-refractivity contribution in [2.24, 2.45) is 17.4 Å². The van der Waals surface area contributed by atoms with Crippen molar-refractivity contribution in [1.29, 1.82) is 5.41 Å². The van der Waals surface area contributed by atoms with Gasteiger partial charge in [0.2, 0.25) is 15.9 Å². The molecule has 218 valence electrons. The van der Waals surface area contributed by atoms with Crippen LogP contribution in [0.5, 0.6) is 5.75 Å². The van der Waals surface area contributed by atoms with Crippen molar-refractivity contribution in [1.82, 2.24) is 9.62 Å². The zero-order valence-electron chi connectivity index (χ0n) is 23.4. The molecule has 0 aliphatic carbocycles. The first-order valence-electron chi connectivity index (χ1n) is 14.0. The molecule has 1 atom stereocenters. The van der Waals surface area contributed by atoms with Crippen LogP contribution in [0, 0.1) is 11.3 Å². The molecule has 1 saturated heterocycles. The van der Waals surface area contributed by atoms with Gasteiger partial charge in [-0.15, -0.1) is 0 Å². The van der Waals surface area contributed by atoms with Crippen LogP contribution >= 0.6 is 0 Å². The SMILES string of the molecule is CCOc1ccc(-c2cccc(S(=O)(=O)NC(Cc3ccc(C(=N)N)cc3)C(=O)N3CCC(CCN)CC3)c2)cc1. The molecule has 0 saturated carbocycles. The summed E-state index contributed by atoms with van der Waals surface area (Å²) in [6.45, 7) is 4.23. The molecule has 6 N–H and O–H groups in total. The number of amidine groups is 1. The lowest BCUT2D eigenvalue weighted by Gasteiger charge is -2.34. The molecule has 1 heterocycles. The lowest BCUT2D eigenvalue weighted by atomic mass is 9.93. The smallest absolute Gasteiger partial charge is 0.241 e. The summed E-state index contributed by atoms with van der Waals surface area (Å²) < 4.78 is 35.5. The maximum Gasteiger partial charge on any atom is 0.241 e. The van der Waals surface area contributed by atoms with Gasteiger partial charge in [-0.3, -0.25) is 10.2 Å². The Bertz CT molecular complexity index is 1430. The molecule has 3 aromatic carbocycles. The molecule has 1 aliphatic rings. The topological polar surface area (TPSA) is 152 Å². The predicted octanol–water partition coefficient (Wildman–Crippen LogP) is 3.51. The monoisotopic (exact) mass is 577 g/mol. The number of hydrogen-bond acceptors (Lipinski definition) is 6. The van der Waals surface area contributed by atoms with Crippen LogP contribution in [0.4, 0.5) is 0 Å². The number of sulfonamides is 1. The van der Waals surface area contributed by atoms with Gasteiger partial charge in [-0.25, -0.2) is 8.42 Å². The van der Waals surface area contributed by atoms with Crippen LogP contribution in [0.15, 0.2) is 77.7 Å². The van der Waals surface area contributed by atoms with Crippen molar-refractivity contribution in [2.75, 3.05) is 26.2 Å². The van der Waals surface area contributed by atoms with Gasteiger partial charge in [0.05, 0.1) is 11.5 Å². The van der Waals surface area contributed by atoms with E-state index in [0.717, 1.165) is 41.7 Å².